The monoisotopic (exact) mass is 314 g/mol. The van der Waals surface area contributed by atoms with Gasteiger partial charge in [-0.2, -0.15) is 13.2 Å². The van der Waals surface area contributed by atoms with Crippen LogP contribution in [0, 0.1) is 0 Å². The molecule has 7 heteroatoms. The molecule has 0 amide bonds. The molecular formula is C11H10ClF3OS2. The number of benzene rings is 1. The average Bonchev–Trinajstić information content (AvgIpc) is 2.25. The minimum absolute atomic E-state index is 0.0689. The van der Waals surface area contributed by atoms with Crippen molar-refractivity contribution >= 4 is 40.9 Å². The van der Waals surface area contributed by atoms with Gasteiger partial charge in [-0.05, 0) is 42.6 Å². The Morgan fingerprint density at radius 1 is 1.33 bits per heavy atom. The molecule has 0 heterocycles. The fraction of sp³-hybridized carbons (Fsp3) is 0.364. The lowest BCUT2D eigenvalue weighted by Crippen LogP contribution is -2.04. The summed E-state index contributed by atoms with van der Waals surface area (Å²) >= 11 is 6.85. The van der Waals surface area contributed by atoms with Gasteiger partial charge in [0.25, 0.3) is 0 Å². The van der Waals surface area contributed by atoms with Crippen molar-refractivity contribution in [1.29, 1.82) is 0 Å². The highest BCUT2D eigenvalue weighted by Crippen LogP contribution is 2.42. The van der Waals surface area contributed by atoms with E-state index in [9.17, 15) is 18.0 Å². The van der Waals surface area contributed by atoms with Crippen molar-refractivity contribution < 1.29 is 18.0 Å². The van der Waals surface area contributed by atoms with Crippen LogP contribution in [-0.4, -0.2) is 17.5 Å². The second-order valence-electron chi connectivity index (χ2n) is 3.43. The van der Waals surface area contributed by atoms with E-state index >= 15 is 0 Å². The summed E-state index contributed by atoms with van der Waals surface area (Å²) in [6, 6.07) is 4.45. The molecule has 0 fully saturated rings. The van der Waals surface area contributed by atoms with Crippen LogP contribution < -0.4 is 0 Å². The second-order valence-corrected chi connectivity index (χ2v) is 5.82. The van der Waals surface area contributed by atoms with E-state index < -0.39 is 10.9 Å². The Balaban J connectivity index is 3.13. The highest BCUT2D eigenvalue weighted by atomic mass is 35.5. The predicted molar refractivity (Wildman–Crippen MR) is 69.4 cm³/mol. The Morgan fingerprint density at radius 2 is 1.94 bits per heavy atom. The van der Waals surface area contributed by atoms with Gasteiger partial charge in [0.2, 0.25) is 0 Å². The maximum Gasteiger partial charge on any atom is 0.446 e. The van der Waals surface area contributed by atoms with Gasteiger partial charge >= 0.3 is 5.51 Å². The first kappa shape index (κ1) is 15.7. The lowest BCUT2D eigenvalue weighted by Gasteiger charge is -2.13. The number of thioether (sulfide) groups is 2. The van der Waals surface area contributed by atoms with Crippen LogP contribution in [-0.2, 0) is 4.79 Å². The van der Waals surface area contributed by atoms with Crippen molar-refractivity contribution in [3.05, 3.63) is 23.8 Å². The first-order chi connectivity index (χ1) is 8.24. The zero-order chi connectivity index (χ0) is 13.9. The van der Waals surface area contributed by atoms with E-state index in [2.05, 4.69) is 0 Å². The number of ketones is 1. The molecule has 1 aromatic rings. The van der Waals surface area contributed by atoms with Crippen molar-refractivity contribution in [3.8, 4) is 0 Å². The number of alkyl halides is 4. The van der Waals surface area contributed by atoms with Crippen molar-refractivity contribution in [2.75, 3.05) is 6.26 Å². The van der Waals surface area contributed by atoms with Crippen molar-refractivity contribution in [2.45, 2.75) is 27.6 Å². The number of hydrogen-bond acceptors (Lipinski definition) is 3. The van der Waals surface area contributed by atoms with Crippen LogP contribution >= 0.6 is 35.1 Å². The summed E-state index contributed by atoms with van der Waals surface area (Å²) in [5, 5.41) is -0.909. The van der Waals surface area contributed by atoms with Crippen LogP contribution in [0.15, 0.2) is 28.0 Å². The van der Waals surface area contributed by atoms with Gasteiger partial charge in [-0.15, -0.1) is 23.4 Å². The lowest BCUT2D eigenvalue weighted by atomic mass is 10.1. The summed E-state index contributed by atoms with van der Waals surface area (Å²) in [6.45, 7) is 1.30. The molecule has 0 aliphatic rings. The van der Waals surface area contributed by atoms with Crippen molar-refractivity contribution in [2.24, 2.45) is 0 Å². The average molecular weight is 315 g/mol. The number of Topliss-reactive ketones (excluding diaryl/α,β-unsaturated/α-hetero) is 1. The highest BCUT2D eigenvalue weighted by Gasteiger charge is 2.31. The minimum atomic E-state index is -4.36. The molecular weight excluding hydrogens is 305 g/mol. The molecule has 0 saturated carbocycles. The lowest BCUT2D eigenvalue weighted by molar-refractivity contribution is -0.116. The quantitative estimate of drug-likeness (QED) is 0.582. The normalized spacial score (nSPS) is 13.4. The SMILES string of the molecule is CSc1ccc(C(Cl)C(C)=O)cc1SC(F)(F)F. The van der Waals surface area contributed by atoms with Gasteiger partial charge in [-0.1, -0.05) is 6.07 Å². The Bertz CT molecular complexity index is 448. The van der Waals surface area contributed by atoms with Gasteiger partial charge in [0.05, 0.1) is 0 Å². The first-order valence-electron chi connectivity index (χ1n) is 4.83. The highest BCUT2D eigenvalue weighted by molar-refractivity contribution is 8.02. The van der Waals surface area contributed by atoms with E-state index in [1.165, 1.54) is 24.8 Å². The molecule has 100 valence electrons. The van der Waals surface area contributed by atoms with E-state index in [0.29, 0.717) is 10.5 Å². The molecule has 0 aliphatic carbocycles. The Labute approximate surface area is 116 Å². The van der Waals surface area contributed by atoms with Gasteiger partial charge in [0.1, 0.15) is 5.38 Å². The third-order valence-electron chi connectivity index (χ3n) is 2.06. The van der Waals surface area contributed by atoms with E-state index in [1.807, 2.05) is 0 Å². The fourth-order valence-corrected chi connectivity index (χ4v) is 2.88. The Kier molecular flexibility index (Phi) is 5.43. The zero-order valence-corrected chi connectivity index (χ0v) is 11.9. The predicted octanol–water partition coefficient (Wildman–Crippen LogP) is 4.89. The molecule has 0 radical (unpaired) electrons. The fourth-order valence-electron chi connectivity index (χ4n) is 1.29. The van der Waals surface area contributed by atoms with Gasteiger partial charge in [-0.3, -0.25) is 4.79 Å². The summed E-state index contributed by atoms with van der Waals surface area (Å²) in [6.07, 6.45) is 1.69. The van der Waals surface area contributed by atoms with E-state index in [0.717, 1.165) is 0 Å². The molecule has 0 aromatic heterocycles. The van der Waals surface area contributed by atoms with E-state index in [-0.39, 0.29) is 22.4 Å². The van der Waals surface area contributed by atoms with Crippen LogP contribution in [0.5, 0.6) is 0 Å². The van der Waals surface area contributed by atoms with Crippen LogP contribution in [0.2, 0.25) is 0 Å². The largest absolute Gasteiger partial charge is 0.446 e. The minimum Gasteiger partial charge on any atom is -0.298 e. The van der Waals surface area contributed by atoms with Gasteiger partial charge < -0.3 is 0 Å². The molecule has 0 bridgehead atoms. The molecule has 1 rings (SSSR count). The molecule has 1 unspecified atom stereocenters. The summed E-state index contributed by atoms with van der Waals surface area (Å²) in [4.78, 5) is 11.7. The summed E-state index contributed by atoms with van der Waals surface area (Å²) < 4.78 is 37.2. The Morgan fingerprint density at radius 3 is 2.39 bits per heavy atom. The number of rotatable bonds is 4. The summed E-state index contributed by atoms with van der Waals surface area (Å²) in [5.41, 5.74) is -3.98. The van der Waals surface area contributed by atoms with Crippen LogP contribution in [0.3, 0.4) is 0 Å². The molecule has 18 heavy (non-hydrogen) atoms. The molecule has 0 N–H and O–H groups in total. The smallest absolute Gasteiger partial charge is 0.298 e. The van der Waals surface area contributed by atoms with Gasteiger partial charge in [0, 0.05) is 9.79 Å². The second kappa shape index (κ2) is 6.21. The molecule has 1 atom stereocenters. The van der Waals surface area contributed by atoms with Crippen LogP contribution in [0.1, 0.15) is 17.9 Å². The first-order valence-corrected chi connectivity index (χ1v) is 7.30. The number of halogens is 4. The molecule has 1 aromatic carbocycles. The third kappa shape index (κ3) is 4.40. The maximum atomic E-state index is 12.4. The summed E-state index contributed by atoms with van der Waals surface area (Å²) in [5.74, 6) is -0.295. The number of carbonyl (C=O) groups excluding carboxylic acids is 1. The topological polar surface area (TPSA) is 17.1 Å². The molecule has 1 nitrogen and oxygen atoms in total. The molecule has 0 aliphatic heterocycles. The van der Waals surface area contributed by atoms with Gasteiger partial charge in [0.15, 0.2) is 5.78 Å². The summed E-state index contributed by atoms with van der Waals surface area (Å²) in [7, 11) is 0. The molecule has 0 saturated heterocycles. The standard InChI is InChI=1S/C11H10ClF3OS2/c1-6(16)10(12)7-3-4-8(17-2)9(5-7)18-11(13,14)15/h3-5,10H,1-2H3. The van der Waals surface area contributed by atoms with Crippen LogP contribution in [0.4, 0.5) is 13.2 Å². The molecule has 0 spiro atoms. The number of hydrogen-bond donors (Lipinski definition) is 0. The van der Waals surface area contributed by atoms with E-state index in [4.69, 9.17) is 11.6 Å². The van der Waals surface area contributed by atoms with E-state index in [1.54, 1.807) is 18.4 Å². The third-order valence-corrected chi connectivity index (χ3v) is 4.34. The van der Waals surface area contributed by atoms with Crippen molar-refractivity contribution in [3.63, 3.8) is 0 Å². The zero-order valence-electron chi connectivity index (χ0n) is 9.55. The van der Waals surface area contributed by atoms with Crippen molar-refractivity contribution in [1.82, 2.24) is 0 Å². The Hall–Kier alpha value is -0.330. The van der Waals surface area contributed by atoms with Gasteiger partial charge in [-0.25, -0.2) is 0 Å². The van der Waals surface area contributed by atoms with Crippen LogP contribution in [0.25, 0.3) is 0 Å². The maximum absolute atomic E-state index is 12.4. The number of carbonyl (C=O) groups is 1.